The van der Waals surface area contributed by atoms with Crippen LogP contribution in [0, 0.1) is 5.82 Å². The second-order valence-corrected chi connectivity index (χ2v) is 4.64. The maximum atomic E-state index is 12.9. The first-order valence-electron chi connectivity index (χ1n) is 6.07. The van der Waals surface area contributed by atoms with Gasteiger partial charge in [-0.2, -0.15) is 0 Å². The Hall–Kier alpha value is -2.53. The molecule has 3 rings (SSSR count). The largest absolute Gasteiger partial charge is 0.423 e. The van der Waals surface area contributed by atoms with Crippen LogP contribution in [0.5, 0.6) is 11.8 Å². The third-order valence-electron chi connectivity index (χ3n) is 2.69. The first kappa shape index (κ1) is 13.5. The molecule has 3 aromatic rings. The predicted octanol–water partition coefficient (Wildman–Crippen LogP) is 4.12. The molecule has 6 heteroatoms. The van der Waals surface area contributed by atoms with Crippen molar-refractivity contribution in [1.82, 2.24) is 15.0 Å². The standard InChI is InChI=1S/C15H9ClFN3O/c16-12-5-14(9-18-8-12)21-15-19-6-11(7-20-15)10-1-3-13(17)4-2-10/h1-9H. The van der Waals surface area contributed by atoms with Crippen molar-refractivity contribution in [1.29, 1.82) is 0 Å². The first-order valence-corrected chi connectivity index (χ1v) is 6.45. The van der Waals surface area contributed by atoms with Crippen LogP contribution < -0.4 is 4.74 Å². The van der Waals surface area contributed by atoms with E-state index in [1.54, 1.807) is 30.6 Å². The monoisotopic (exact) mass is 301 g/mol. The fraction of sp³-hybridized carbons (Fsp3) is 0. The van der Waals surface area contributed by atoms with Gasteiger partial charge >= 0.3 is 6.01 Å². The number of rotatable bonds is 3. The van der Waals surface area contributed by atoms with Crippen molar-refractivity contribution in [3.63, 3.8) is 0 Å². The highest BCUT2D eigenvalue weighted by molar-refractivity contribution is 6.30. The molecule has 104 valence electrons. The van der Waals surface area contributed by atoms with Crippen LogP contribution in [0.1, 0.15) is 0 Å². The Morgan fingerprint density at radius 2 is 1.62 bits per heavy atom. The predicted molar refractivity (Wildman–Crippen MR) is 76.7 cm³/mol. The molecule has 2 heterocycles. The van der Waals surface area contributed by atoms with E-state index >= 15 is 0 Å². The molecule has 0 fully saturated rings. The maximum Gasteiger partial charge on any atom is 0.321 e. The summed E-state index contributed by atoms with van der Waals surface area (Å²) < 4.78 is 18.3. The summed E-state index contributed by atoms with van der Waals surface area (Å²) in [4.78, 5) is 12.1. The Labute approximate surface area is 125 Å². The summed E-state index contributed by atoms with van der Waals surface area (Å²) in [6.45, 7) is 0. The Balaban J connectivity index is 1.79. The molecule has 0 N–H and O–H groups in total. The van der Waals surface area contributed by atoms with Gasteiger partial charge in [-0.1, -0.05) is 23.7 Å². The highest BCUT2D eigenvalue weighted by Gasteiger charge is 2.04. The topological polar surface area (TPSA) is 47.9 Å². The van der Waals surface area contributed by atoms with Gasteiger partial charge in [0.15, 0.2) is 5.75 Å². The molecule has 0 radical (unpaired) electrons. The van der Waals surface area contributed by atoms with Gasteiger partial charge < -0.3 is 4.74 Å². The molecule has 0 spiro atoms. The molecule has 0 atom stereocenters. The quantitative estimate of drug-likeness (QED) is 0.730. The van der Waals surface area contributed by atoms with E-state index in [2.05, 4.69) is 15.0 Å². The van der Waals surface area contributed by atoms with Crippen molar-refractivity contribution < 1.29 is 9.13 Å². The van der Waals surface area contributed by atoms with Crippen LogP contribution in [-0.4, -0.2) is 15.0 Å². The van der Waals surface area contributed by atoms with E-state index in [0.717, 1.165) is 11.1 Å². The molecule has 0 amide bonds. The van der Waals surface area contributed by atoms with Crippen molar-refractivity contribution in [2.75, 3.05) is 0 Å². The molecular weight excluding hydrogens is 293 g/mol. The molecule has 4 nitrogen and oxygen atoms in total. The van der Waals surface area contributed by atoms with Gasteiger partial charge in [0.25, 0.3) is 0 Å². The smallest absolute Gasteiger partial charge is 0.321 e. The third kappa shape index (κ3) is 3.32. The Morgan fingerprint density at radius 3 is 2.29 bits per heavy atom. The summed E-state index contributed by atoms with van der Waals surface area (Å²) in [6, 6.07) is 7.90. The average molecular weight is 302 g/mol. The number of halogens is 2. The summed E-state index contributed by atoms with van der Waals surface area (Å²) in [7, 11) is 0. The molecular formula is C15H9ClFN3O. The van der Waals surface area contributed by atoms with Gasteiger partial charge in [0, 0.05) is 30.2 Å². The van der Waals surface area contributed by atoms with Crippen LogP contribution in [0.2, 0.25) is 5.02 Å². The van der Waals surface area contributed by atoms with Gasteiger partial charge in [-0.25, -0.2) is 14.4 Å². The molecule has 0 aliphatic carbocycles. The van der Waals surface area contributed by atoms with Crippen LogP contribution in [0.4, 0.5) is 4.39 Å². The van der Waals surface area contributed by atoms with E-state index in [9.17, 15) is 4.39 Å². The van der Waals surface area contributed by atoms with Crippen molar-refractivity contribution in [2.45, 2.75) is 0 Å². The molecule has 1 aromatic carbocycles. The molecule has 0 bridgehead atoms. The highest BCUT2D eigenvalue weighted by atomic mass is 35.5. The maximum absolute atomic E-state index is 12.9. The second kappa shape index (κ2) is 5.85. The normalized spacial score (nSPS) is 10.4. The minimum absolute atomic E-state index is 0.185. The molecule has 0 saturated carbocycles. The van der Waals surface area contributed by atoms with Gasteiger partial charge in [-0.05, 0) is 17.7 Å². The Bertz CT molecular complexity index is 748. The third-order valence-corrected chi connectivity index (χ3v) is 2.90. The second-order valence-electron chi connectivity index (χ2n) is 4.20. The van der Waals surface area contributed by atoms with Gasteiger partial charge in [-0.3, -0.25) is 4.98 Å². The summed E-state index contributed by atoms with van der Waals surface area (Å²) in [6.07, 6.45) is 6.23. The van der Waals surface area contributed by atoms with Crippen LogP contribution in [0.3, 0.4) is 0 Å². The summed E-state index contributed by atoms with van der Waals surface area (Å²) in [5, 5.41) is 0.468. The number of ether oxygens (including phenoxy) is 1. The first-order chi connectivity index (χ1) is 10.2. The lowest BCUT2D eigenvalue weighted by Gasteiger charge is -2.05. The summed E-state index contributed by atoms with van der Waals surface area (Å²) >= 11 is 5.82. The fourth-order valence-corrected chi connectivity index (χ4v) is 1.88. The molecule has 2 aromatic heterocycles. The van der Waals surface area contributed by atoms with E-state index in [1.165, 1.54) is 24.5 Å². The van der Waals surface area contributed by atoms with Crippen LogP contribution >= 0.6 is 11.6 Å². The number of aromatic nitrogens is 3. The molecule has 0 aliphatic rings. The fourth-order valence-electron chi connectivity index (χ4n) is 1.71. The number of benzene rings is 1. The Kier molecular flexibility index (Phi) is 3.75. The summed E-state index contributed by atoms with van der Waals surface area (Å²) in [5.74, 6) is 0.171. The van der Waals surface area contributed by atoms with E-state index in [-0.39, 0.29) is 11.8 Å². The number of nitrogens with zero attached hydrogens (tertiary/aromatic N) is 3. The Morgan fingerprint density at radius 1 is 0.905 bits per heavy atom. The molecule has 0 unspecified atom stereocenters. The lowest BCUT2D eigenvalue weighted by molar-refractivity contribution is 0.440. The van der Waals surface area contributed by atoms with Crippen molar-refractivity contribution in [2.24, 2.45) is 0 Å². The summed E-state index contributed by atoms with van der Waals surface area (Å²) in [5.41, 5.74) is 1.60. The van der Waals surface area contributed by atoms with Gasteiger partial charge in [-0.15, -0.1) is 0 Å². The minimum atomic E-state index is -0.284. The lowest BCUT2D eigenvalue weighted by atomic mass is 10.1. The van der Waals surface area contributed by atoms with Gasteiger partial charge in [0.1, 0.15) is 5.82 Å². The molecule has 0 aliphatic heterocycles. The van der Waals surface area contributed by atoms with E-state index < -0.39 is 0 Å². The van der Waals surface area contributed by atoms with Crippen LogP contribution in [-0.2, 0) is 0 Å². The van der Waals surface area contributed by atoms with Gasteiger partial charge in [0.2, 0.25) is 0 Å². The highest BCUT2D eigenvalue weighted by Crippen LogP contribution is 2.22. The van der Waals surface area contributed by atoms with E-state index in [4.69, 9.17) is 16.3 Å². The zero-order valence-corrected chi connectivity index (χ0v) is 11.5. The molecule has 0 saturated heterocycles. The molecule has 21 heavy (non-hydrogen) atoms. The van der Waals surface area contributed by atoms with E-state index in [1.807, 2.05) is 0 Å². The van der Waals surface area contributed by atoms with Gasteiger partial charge in [0.05, 0.1) is 11.2 Å². The average Bonchev–Trinajstić information content (AvgIpc) is 2.49. The SMILES string of the molecule is Fc1ccc(-c2cnc(Oc3cncc(Cl)c3)nc2)cc1. The zero-order chi connectivity index (χ0) is 14.7. The zero-order valence-electron chi connectivity index (χ0n) is 10.7. The number of hydrogen-bond acceptors (Lipinski definition) is 4. The van der Waals surface area contributed by atoms with E-state index in [0.29, 0.717) is 10.8 Å². The number of pyridine rings is 1. The minimum Gasteiger partial charge on any atom is -0.423 e. The van der Waals surface area contributed by atoms with Crippen molar-refractivity contribution in [3.05, 3.63) is 66.0 Å². The van der Waals surface area contributed by atoms with Crippen LogP contribution in [0.25, 0.3) is 11.1 Å². The lowest BCUT2D eigenvalue weighted by Crippen LogP contribution is -1.92. The van der Waals surface area contributed by atoms with Crippen molar-refractivity contribution >= 4 is 11.6 Å². The number of hydrogen-bond donors (Lipinski definition) is 0. The van der Waals surface area contributed by atoms with Crippen molar-refractivity contribution in [3.8, 4) is 22.9 Å². The van der Waals surface area contributed by atoms with Crippen LogP contribution in [0.15, 0.2) is 55.1 Å².